The highest BCUT2D eigenvalue weighted by molar-refractivity contribution is 7.94. The van der Waals surface area contributed by atoms with E-state index in [1.165, 1.54) is 19.2 Å². The Morgan fingerprint density at radius 1 is 1.33 bits per heavy atom. The standard InChI is InChI=1S/C12H15ClO4S/c1-4-12(13,18(3,15)16)11(14)9-5-7-10(17-2)8-6-9/h5-8H,4H2,1-3H3/t12-/m1/s1. The van der Waals surface area contributed by atoms with Crippen molar-refractivity contribution in [3.8, 4) is 5.75 Å². The van der Waals surface area contributed by atoms with Crippen molar-refractivity contribution in [2.75, 3.05) is 13.4 Å². The van der Waals surface area contributed by atoms with Crippen LogP contribution in [-0.4, -0.2) is 31.8 Å². The van der Waals surface area contributed by atoms with Crippen LogP contribution in [0.2, 0.25) is 0 Å². The molecule has 0 unspecified atom stereocenters. The van der Waals surface area contributed by atoms with E-state index < -0.39 is 19.8 Å². The van der Waals surface area contributed by atoms with Gasteiger partial charge in [0.2, 0.25) is 4.21 Å². The van der Waals surface area contributed by atoms with E-state index in [1.54, 1.807) is 19.1 Å². The van der Waals surface area contributed by atoms with Gasteiger partial charge in [-0.05, 0) is 30.7 Å². The Morgan fingerprint density at radius 3 is 2.17 bits per heavy atom. The molecule has 0 saturated heterocycles. The van der Waals surface area contributed by atoms with Crippen molar-refractivity contribution in [3.05, 3.63) is 29.8 Å². The van der Waals surface area contributed by atoms with Crippen LogP contribution in [0.4, 0.5) is 0 Å². The number of hydrogen-bond acceptors (Lipinski definition) is 4. The van der Waals surface area contributed by atoms with Crippen molar-refractivity contribution in [2.24, 2.45) is 0 Å². The van der Waals surface area contributed by atoms with Gasteiger partial charge < -0.3 is 4.74 Å². The normalized spacial score (nSPS) is 14.9. The molecule has 0 fully saturated rings. The van der Waals surface area contributed by atoms with Crippen molar-refractivity contribution in [1.29, 1.82) is 0 Å². The molecule has 0 aliphatic heterocycles. The summed E-state index contributed by atoms with van der Waals surface area (Å²) in [5, 5.41) is 0. The van der Waals surface area contributed by atoms with Crippen LogP contribution in [0.15, 0.2) is 24.3 Å². The maximum atomic E-state index is 12.2. The zero-order valence-electron chi connectivity index (χ0n) is 10.4. The second kappa shape index (κ2) is 5.28. The molecular formula is C12H15ClO4S. The van der Waals surface area contributed by atoms with Gasteiger partial charge in [-0.2, -0.15) is 0 Å². The largest absolute Gasteiger partial charge is 0.497 e. The molecule has 0 aromatic heterocycles. The van der Waals surface area contributed by atoms with E-state index in [9.17, 15) is 13.2 Å². The van der Waals surface area contributed by atoms with E-state index in [0.29, 0.717) is 5.75 Å². The quantitative estimate of drug-likeness (QED) is 0.616. The van der Waals surface area contributed by atoms with Gasteiger partial charge in [0.25, 0.3) is 0 Å². The number of Topliss-reactive ketones (excluding diaryl/α,β-unsaturated/α-hetero) is 1. The summed E-state index contributed by atoms with van der Waals surface area (Å²) in [7, 11) is -2.19. The highest BCUT2D eigenvalue weighted by Gasteiger charge is 2.44. The SMILES string of the molecule is CC[C@](Cl)(C(=O)c1ccc(OC)cc1)S(C)(=O)=O. The summed E-state index contributed by atoms with van der Waals surface area (Å²) < 4.78 is 26.4. The van der Waals surface area contributed by atoms with Gasteiger partial charge in [0.05, 0.1) is 7.11 Å². The van der Waals surface area contributed by atoms with Gasteiger partial charge in [-0.25, -0.2) is 8.42 Å². The fourth-order valence-electron chi connectivity index (χ4n) is 1.55. The maximum absolute atomic E-state index is 12.2. The monoisotopic (exact) mass is 290 g/mol. The number of sulfone groups is 1. The molecule has 0 amide bonds. The molecule has 100 valence electrons. The number of carbonyl (C=O) groups excluding carboxylic acids is 1. The first-order chi connectivity index (χ1) is 8.26. The topological polar surface area (TPSA) is 60.4 Å². The molecule has 0 saturated carbocycles. The summed E-state index contributed by atoms with van der Waals surface area (Å²) in [6.45, 7) is 1.56. The third kappa shape index (κ3) is 2.67. The average Bonchev–Trinajstić information content (AvgIpc) is 2.35. The van der Waals surface area contributed by atoms with Crippen molar-refractivity contribution >= 4 is 27.2 Å². The number of benzene rings is 1. The molecule has 0 N–H and O–H groups in total. The molecule has 1 rings (SSSR count). The van der Waals surface area contributed by atoms with E-state index in [2.05, 4.69) is 0 Å². The Hall–Kier alpha value is -1.07. The molecule has 0 spiro atoms. The van der Waals surface area contributed by atoms with E-state index in [-0.39, 0.29) is 12.0 Å². The van der Waals surface area contributed by atoms with Gasteiger partial charge in [-0.1, -0.05) is 18.5 Å². The number of methoxy groups -OCH3 is 1. The number of halogens is 1. The molecule has 0 radical (unpaired) electrons. The lowest BCUT2D eigenvalue weighted by molar-refractivity contribution is 0.0970. The Bertz CT molecular complexity index is 536. The first-order valence-electron chi connectivity index (χ1n) is 5.33. The number of carbonyl (C=O) groups is 1. The highest BCUT2D eigenvalue weighted by Crippen LogP contribution is 2.31. The fraction of sp³-hybridized carbons (Fsp3) is 0.417. The molecule has 6 heteroatoms. The fourth-order valence-corrected chi connectivity index (χ4v) is 2.64. The Balaban J connectivity index is 3.19. The van der Waals surface area contributed by atoms with Crippen molar-refractivity contribution in [1.82, 2.24) is 0 Å². The molecule has 0 bridgehead atoms. The smallest absolute Gasteiger partial charge is 0.207 e. The average molecular weight is 291 g/mol. The molecular weight excluding hydrogens is 276 g/mol. The van der Waals surface area contributed by atoms with E-state index >= 15 is 0 Å². The zero-order valence-corrected chi connectivity index (χ0v) is 12.0. The molecule has 1 atom stereocenters. The molecule has 0 aliphatic rings. The second-order valence-electron chi connectivity index (χ2n) is 3.91. The van der Waals surface area contributed by atoms with Gasteiger partial charge in [-0.3, -0.25) is 4.79 Å². The third-order valence-corrected chi connectivity index (χ3v) is 5.66. The molecule has 18 heavy (non-hydrogen) atoms. The van der Waals surface area contributed by atoms with Crippen LogP contribution in [0.5, 0.6) is 5.75 Å². The summed E-state index contributed by atoms with van der Waals surface area (Å²) in [6.07, 6.45) is 0.975. The van der Waals surface area contributed by atoms with Crippen molar-refractivity contribution in [2.45, 2.75) is 17.6 Å². The van der Waals surface area contributed by atoms with Gasteiger partial charge >= 0.3 is 0 Å². The van der Waals surface area contributed by atoms with E-state index in [0.717, 1.165) is 6.26 Å². The molecule has 0 heterocycles. The molecule has 1 aromatic rings. The second-order valence-corrected chi connectivity index (χ2v) is 7.02. The van der Waals surface area contributed by atoms with Gasteiger partial charge in [0.1, 0.15) is 5.75 Å². The van der Waals surface area contributed by atoms with Crippen LogP contribution in [-0.2, 0) is 9.84 Å². The summed E-state index contributed by atoms with van der Waals surface area (Å²) in [6, 6.07) is 6.17. The molecule has 1 aromatic carbocycles. The predicted octanol–water partition coefficient (Wildman–Crippen LogP) is 2.27. The van der Waals surface area contributed by atoms with Crippen LogP contribution >= 0.6 is 11.6 Å². The lowest BCUT2D eigenvalue weighted by Gasteiger charge is -2.21. The van der Waals surface area contributed by atoms with Gasteiger partial charge in [0.15, 0.2) is 15.6 Å². The minimum absolute atomic E-state index is 0.0122. The Morgan fingerprint density at radius 2 is 1.83 bits per heavy atom. The van der Waals surface area contributed by atoms with Crippen molar-refractivity contribution in [3.63, 3.8) is 0 Å². The Kier molecular flexibility index (Phi) is 4.40. The first-order valence-corrected chi connectivity index (χ1v) is 7.60. The third-order valence-electron chi connectivity index (χ3n) is 2.73. The number of ether oxygens (including phenoxy) is 1. The van der Waals surface area contributed by atoms with Gasteiger partial charge in [-0.15, -0.1) is 0 Å². The van der Waals surface area contributed by atoms with Crippen LogP contribution in [0.1, 0.15) is 23.7 Å². The van der Waals surface area contributed by atoms with Crippen molar-refractivity contribution < 1.29 is 17.9 Å². The summed E-state index contributed by atoms with van der Waals surface area (Å²) in [5.41, 5.74) is 0.248. The summed E-state index contributed by atoms with van der Waals surface area (Å²) >= 11 is 5.99. The highest BCUT2D eigenvalue weighted by atomic mass is 35.5. The molecule has 4 nitrogen and oxygen atoms in total. The first kappa shape index (κ1) is 15.0. The van der Waals surface area contributed by atoms with Crippen LogP contribution in [0.3, 0.4) is 0 Å². The lowest BCUT2D eigenvalue weighted by atomic mass is 10.1. The number of alkyl halides is 1. The van der Waals surface area contributed by atoms with Crippen LogP contribution in [0, 0.1) is 0 Å². The van der Waals surface area contributed by atoms with E-state index in [4.69, 9.17) is 16.3 Å². The number of hydrogen-bond donors (Lipinski definition) is 0. The van der Waals surface area contributed by atoms with Gasteiger partial charge in [0, 0.05) is 11.8 Å². The predicted molar refractivity (Wildman–Crippen MR) is 71.0 cm³/mol. The lowest BCUT2D eigenvalue weighted by Crippen LogP contribution is -2.40. The zero-order chi connectivity index (χ0) is 14.0. The summed E-state index contributed by atoms with van der Waals surface area (Å²) in [4.78, 5) is 12.2. The minimum atomic E-state index is -3.69. The number of rotatable bonds is 5. The maximum Gasteiger partial charge on any atom is 0.207 e. The molecule has 0 aliphatic carbocycles. The van der Waals surface area contributed by atoms with Crippen LogP contribution in [0.25, 0.3) is 0 Å². The minimum Gasteiger partial charge on any atom is -0.497 e. The Labute approximate surface area is 112 Å². The summed E-state index contributed by atoms with van der Waals surface area (Å²) in [5.74, 6) is -0.0283. The van der Waals surface area contributed by atoms with Crippen LogP contribution < -0.4 is 4.74 Å². The van der Waals surface area contributed by atoms with E-state index in [1.807, 2.05) is 0 Å². The number of ketones is 1.